The molecule has 0 aliphatic carbocycles. The fourth-order valence-electron chi connectivity index (χ4n) is 2.42. The van der Waals surface area contributed by atoms with Gasteiger partial charge in [0.1, 0.15) is 0 Å². The van der Waals surface area contributed by atoms with E-state index in [1.165, 1.54) is 12.5 Å². The highest BCUT2D eigenvalue weighted by molar-refractivity contribution is 5.92. The molecule has 0 spiro atoms. The Kier molecular flexibility index (Phi) is 5.80. The normalized spacial score (nSPS) is 10.9. The van der Waals surface area contributed by atoms with Gasteiger partial charge in [0.15, 0.2) is 0 Å². The molecular weight excluding hydrogens is 314 g/mol. The number of anilines is 2. The summed E-state index contributed by atoms with van der Waals surface area (Å²) in [7, 11) is 1.71. The quantitative estimate of drug-likeness (QED) is 0.871. The Hall–Kier alpha value is -2.82. The predicted molar refractivity (Wildman–Crippen MR) is 102 cm³/mol. The highest BCUT2D eigenvalue weighted by atomic mass is 16.2. The van der Waals surface area contributed by atoms with Crippen molar-refractivity contribution in [1.82, 2.24) is 5.32 Å². The molecule has 0 aliphatic heterocycles. The number of hydrogen-bond donors (Lipinski definition) is 2. The van der Waals surface area contributed by atoms with Crippen LogP contribution in [0.4, 0.5) is 16.2 Å². The minimum atomic E-state index is -0.253. The zero-order valence-corrected chi connectivity index (χ0v) is 15.2. The summed E-state index contributed by atoms with van der Waals surface area (Å²) in [5.74, 6) is -0.0402. The van der Waals surface area contributed by atoms with Crippen LogP contribution in [0.15, 0.2) is 54.6 Å². The van der Waals surface area contributed by atoms with Gasteiger partial charge in [-0.15, -0.1) is 0 Å². The van der Waals surface area contributed by atoms with E-state index in [2.05, 4.69) is 36.6 Å². The second-order valence-corrected chi connectivity index (χ2v) is 6.68. The van der Waals surface area contributed by atoms with Crippen molar-refractivity contribution >= 4 is 23.3 Å². The van der Waals surface area contributed by atoms with E-state index in [1.807, 2.05) is 18.2 Å². The Bertz CT molecular complexity index is 724. The summed E-state index contributed by atoms with van der Waals surface area (Å²) in [4.78, 5) is 25.0. The highest BCUT2D eigenvalue weighted by Crippen LogP contribution is 2.22. The number of amides is 3. The first-order valence-corrected chi connectivity index (χ1v) is 8.24. The van der Waals surface area contributed by atoms with E-state index in [0.29, 0.717) is 12.2 Å². The van der Waals surface area contributed by atoms with Gasteiger partial charge in [-0.25, -0.2) is 4.79 Å². The number of carbonyl (C=O) groups excluding carboxylic acids is 2. The average Bonchev–Trinajstić information content (AvgIpc) is 2.61. The zero-order chi connectivity index (χ0) is 18.4. The Morgan fingerprint density at radius 2 is 1.60 bits per heavy atom. The summed E-state index contributed by atoms with van der Waals surface area (Å²) < 4.78 is 0. The minimum Gasteiger partial charge on any atom is -0.337 e. The lowest BCUT2D eigenvalue weighted by molar-refractivity contribution is -0.116. The Morgan fingerprint density at radius 3 is 2.16 bits per heavy atom. The number of rotatable bonds is 5. The van der Waals surface area contributed by atoms with Crippen LogP contribution in [0, 0.1) is 0 Å². The van der Waals surface area contributed by atoms with Crippen molar-refractivity contribution in [1.29, 1.82) is 0 Å². The first-order chi connectivity index (χ1) is 11.8. The summed E-state index contributed by atoms with van der Waals surface area (Å²) in [6.07, 6.45) is 0. The van der Waals surface area contributed by atoms with Gasteiger partial charge in [-0.3, -0.25) is 4.79 Å². The molecule has 2 aromatic rings. The molecule has 0 unspecified atom stereocenters. The van der Waals surface area contributed by atoms with Gasteiger partial charge in [0, 0.05) is 37.3 Å². The molecule has 132 valence electrons. The van der Waals surface area contributed by atoms with E-state index >= 15 is 0 Å². The maximum absolute atomic E-state index is 12.1. The van der Waals surface area contributed by atoms with Crippen LogP contribution >= 0.6 is 0 Å². The van der Waals surface area contributed by atoms with Crippen LogP contribution in [0.3, 0.4) is 0 Å². The minimum absolute atomic E-state index is 0.0402. The van der Waals surface area contributed by atoms with E-state index in [-0.39, 0.29) is 17.4 Å². The van der Waals surface area contributed by atoms with Crippen LogP contribution in [-0.4, -0.2) is 25.5 Å². The maximum atomic E-state index is 12.1. The van der Waals surface area contributed by atoms with Crippen LogP contribution in [-0.2, 0) is 10.2 Å². The van der Waals surface area contributed by atoms with Crippen molar-refractivity contribution in [3.63, 3.8) is 0 Å². The average molecular weight is 339 g/mol. The molecule has 5 nitrogen and oxygen atoms in total. The number of nitrogens with zero attached hydrogens (tertiary/aromatic N) is 1. The molecule has 5 heteroatoms. The summed E-state index contributed by atoms with van der Waals surface area (Å²) in [6, 6.07) is 17.0. The van der Waals surface area contributed by atoms with Crippen molar-refractivity contribution in [3.05, 3.63) is 60.2 Å². The molecule has 2 aromatic carbocycles. The number of carbonyl (C=O) groups is 2. The van der Waals surface area contributed by atoms with Crippen molar-refractivity contribution < 1.29 is 9.59 Å². The van der Waals surface area contributed by atoms with Gasteiger partial charge < -0.3 is 15.5 Å². The molecule has 0 radical (unpaired) electrons. The largest absolute Gasteiger partial charge is 0.337 e. The summed E-state index contributed by atoms with van der Waals surface area (Å²) in [5, 5.41) is 5.72. The van der Waals surface area contributed by atoms with Crippen molar-refractivity contribution in [2.24, 2.45) is 0 Å². The molecule has 2 N–H and O–H groups in total. The second kappa shape index (κ2) is 7.83. The first-order valence-electron chi connectivity index (χ1n) is 8.24. The third-order valence-corrected chi connectivity index (χ3v) is 4.23. The van der Waals surface area contributed by atoms with E-state index in [1.54, 1.807) is 36.2 Å². The molecule has 2 rings (SSSR count). The van der Waals surface area contributed by atoms with E-state index in [4.69, 9.17) is 0 Å². The van der Waals surface area contributed by atoms with E-state index < -0.39 is 0 Å². The molecule has 0 fully saturated rings. The number of urea groups is 1. The van der Waals surface area contributed by atoms with Crippen LogP contribution in [0.1, 0.15) is 26.3 Å². The van der Waals surface area contributed by atoms with Crippen molar-refractivity contribution in [2.75, 3.05) is 23.8 Å². The van der Waals surface area contributed by atoms with Crippen LogP contribution < -0.4 is 15.5 Å². The standard InChI is InChI=1S/C20H25N3O2/c1-15(24)23(4)18-12-10-17(11-13-18)22-19(25)21-14-20(2,3)16-8-6-5-7-9-16/h5-13H,14H2,1-4H3,(H2,21,22,25). The molecular formula is C20H25N3O2. The molecule has 0 aromatic heterocycles. The summed E-state index contributed by atoms with van der Waals surface area (Å²) in [6.45, 7) is 6.21. The number of hydrogen-bond acceptors (Lipinski definition) is 2. The highest BCUT2D eigenvalue weighted by Gasteiger charge is 2.21. The molecule has 0 heterocycles. The SMILES string of the molecule is CC(=O)N(C)c1ccc(NC(=O)NCC(C)(C)c2ccccc2)cc1. The van der Waals surface area contributed by atoms with Crippen molar-refractivity contribution in [2.45, 2.75) is 26.2 Å². The molecule has 0 atom stereocenters. The van der Waals surface area contributed by atoms with Crippen molar-refractivity contribution in [3.8, 4) is 0 Å². The van der Waals surface area contributed by atoms with E-state index in [0.717, 1.165) is 5.69 Å². The molecule has 25 heavy (non-hydrogen) atoms. The molecule has 0 saturated carbocycles. The molecule has 0 aliphatic rings. The smallest absolute Gasteiger partial charge is 0.319 e. The predicted octanol–water partition coefficient (Wildman–Crippen LogP) is 3.77. The third kappa shape index (κ3) is 5.08. The van der Waals surface area contributed by atoms with Crippen LogP contribution in [0.2, 0.25) is 0 Å². The van der Waals surface area contributed by atoms with Gasteiger partial charge in [0.25, 0.3) is 0 Å². The van der Waals surface area contributed by atoms with Gasteiger partial charge in [-0.1, -0.05) is 44.2 Å². The number of nitrogens with one attached hydrogen (secondary N) is 2. The lowest BCUT2D eigenvalue weighted by atomic mass is 9.85. The van der Waals surface area contributed by atoms with Gasteiger partial charge in [-0.2, -0.15) is 0 Å². The third-order valence-electron chi connectivity index (χ3n) is 4.23. The Labute approximate surface area is 149 Å². The van der Waals surface area contributed by atoms with E-state index in [9.17, 15) is 9.59 Å². The van der Waals surface area contributed by atoms with Crippen LogP contribution in [0.25, 0.3) is 0 Å². The Morgan fingerprint density at radius 1 is 1.00 bits per heavy atom. The monoisotopic (exact) mass is 339 g/mol. The topological polar surface area (TPSA) is 61.4 Å². The first kappa shape index (κ1) is 18.5. The lowest BCUT2D eigenvalue weighted by Gasteiger charge is -2.25. The molecule has 0 saturated heterocycles. The zero-order valence-electron chi connectivity index (χ0n) is 15.2. The second-order valence-electron chi connectivity index (χ2n) is 6.68. The Balaban J connectivity index is 1.91. The molecule has 3 amide bonds. The number of benzene rings is 2. The van der Waals surface area contributed by atoms with Crippen LogP contribution in [0.5, 0.6) is 0 Å². The summed E-state index contributed by atoms with van der Waals surface area (Å²) >= 11 is 0. The summed E-state index contributed by atoms with van der Waals surface area (Å²) in [5.41, 5.74) is 2.47. The molecule has 0 bridgehead atoms. The van der Waals surface area contributed by atoms with Gasteiger partial charge in [-0.05, 0) is 29.8 Å². The fraction of sp³-hybridized carbons (Fsp3) is 0.300. The van der Waals surface area contributed by atoms with Gasteiger partial charge >= 0.3 is 6.03 Å². The van der Waals surface area contributed by atoms with Gasteiger partial charge in [0.2, 0.25) is 5.91 Å². The van der Waals surface area contributed by atoms with Gasteiger partial charge in [0.05, 0.1) is 0 Å². The fourth-order valence-corrected chi connectivity index (χ4v) is 2.42. The lowest BCUT2D eigenvalue weighted by Crippen LogP contribution is -2.38. The maximum Gasteiger partial charge on any atom is 0.319 e.